The van der Waals surface area contributed by atoms with Gasteiger partial charge in [-0.15, -0.1) is 0 Å². The van der Waals surface area contributed by atoms with Crippen LogP contribution in [0.25, 0.3) is 0 Å². The van der Waals surface area contributed by atoms with Crippen LogP contribution in [-0.2, 0) is 28.6 Å². The van der Waals surface area contributed by atoms with Crippen molar-refractivity contribution in [2.75, 3.05) is 13.2 Å². The van der Waals surface area contributed by atoms with E-state index >= 15 is 0 Å². The summed E-state index contributed by atoms with van der Waals surface area (Å²) < 4.78 is 15.9. The maximum atomic E-state index is 13.2. The molecule has 0 saturated heterocycles. The summed E-state index contributed by atoms with van der Waals surface area (Å²) in [7, 11) is 0. The summed E-state index contributed by atoms with van der Waals surface area (Å²) in [4.78, 5) is 51.2. The molecular formula is C26H32N2O7. The fraction of sp³-hybridized carbons (Fsp3) is 0.538. The molecule has 0 bridgehead atoms. The lowest BCUT2D eigenvalue weighted by Gasteiger charge is -2.33. The SMILES string of the molecule is CCOC(=O)C1C2C(NC(=O)C#Cc3ccccc3)CC(NC(=O)OC(C)(C)C)(C(=O)OCC)C12. The van der Waals surface area contributed by atoms with Gasteiger partial charge < -0.3 is 24.8 Å². The molecule has 5 unspecified atom stereocenters. The van der Waals surface area contributed by atoms with Crippen molar-refractivity contribution in [3.8, 4) is 11.8 Å². The minimum absolute atomic E-state index is 0.0368. The number of carbonyl (C=O) groups is 4. The molecule has 1 aromatic rings. The zero-order chi connectivity index (χ0) is 25.8. The van der Waals surface area contributed by atoms with Gasteiger partial charge >= 0.3 is 18.0 Å². The third-order valence-corrected chi connectivity index (χ3v) is 5.98. The van der Waals surface area contributed by atoms with E-state index in [2.05, 4.69) is 22.5 Å². The monoisotopic (exact) mass is 484 g/mol. The van der Waals surface area contributed by atoms with E-state index in [1.807, 2.05) is 18.2 Å². The Morgan fingerprint density at radius 2 is 1.71 bits per heavy atom. The minimum Gasteiger partial charge on any atom is -0.466 e. The van der Waals surface area contributed by atoms with Crippen molar-refractivity contribution in [2.45, 2.75) is 58.2 Å². The van der Waals surface area contributed by atoms with E-state index in [9.17, 15) is 19.2 Å². The van der Waals surface area contributed by atoms with Crippen LogP contribution in [0.1, 0.15) is 46.6 Å². The highest BCUT2D eigenvalue weighted by Crippen LogP contribution is 2.63. The third kappa shape index (κ3) is 5.94. The predicted octanol–water partition coefficient (Wildman–Crippen LogP) is 2.18. The summed E-state index contributed by atoms with van der Waals surface area (Å²) in [6.07, 6.45) is -0.774. The predicted molar refractivity (Wildman–Crippen MR) is 126 cm³/mol. The van der Waals surface area contributed by atoms with Crippen LogP contribution in [0, 0.1) is 29.6 Å². The van der Waals surface area contributed by atoms with Gasteiger partial charge in [0.1, 0.15) is 11.1 Å². The Balaban J connectivity index is 1.88. The summed E-state index contributed by atoms with van der Waals surface area (Å²) in [5.74, 6) is 1.89. The number of hydrogen-bond acceptors (Lipinski definition) is 7. The second-order valence-electron chi connectivity index (χ2n) is 9.60. The van der Waals surface area contributed by atoms with Crippen LogP contribution in [0.5, 0.6) is 0 Å². The number of benzene rings is 1. The molecule has 9 heteroatoms. The second kappa shape index (κ2) is 10.4. The quantitative estimate of drug-likeness (QED) is 0.361. The number of alkyl carbamates (subject to hydrolysis) is 1. The number of fused-ring (bicyclic) bond motifs is 1. The van der Waals surface area contributed by atoms with E-state index in [4.69, 9.17) is 14.2 Å². The summed E-state index contributed by atoms with van der Waals surface area (Å²) in [6.45, 7) is 8.69. The molecule has 2 aliphatic carbocycles. The number of rotatable bonds is 6. The number of esters is 2. The van der Waals surface area contributed by atoms with Crippen LogP contribution in [-0.4, -0.2) is 54.3 Å². The Hall–Kier alpha value is -3.54. The average molecular weight is 485 g/mol. The van der Waals surface area contributed by atoms with Crippen molar-refractivity contribution in [3.63, 3.8) is 0 Å². The highest BCUT2D eigenvalue weighted by atomic mass is 16.6. The molecule has 0 spiro atoms. The highest BCUT2D eigenvalue weighted by molar-refractivity contribution is 5.95. The highest BCUT2D eigenvalue weighted by Gasteiger charge is 2.76. The van der Waals surface area contributed by atoms with Gasteiger partial charge in [0.25, 0.3) is 5.91 Å². The number of nitrogens with one attached hydrogen (secondary N) is 2. The lowest BCUT2D eigenvalue weighted by atomic mass is 9.88. The number of ether oxygens (including phenoxy) is 3. The Morgan fingerprint density at radius 3 is 2.31 bits per heavy atom. The van der Waals surface area contributed by atoms with Crippen LogP contribution >= 0.6 is 0 Å². The zero-order valence-electron chi connectivity index (χ0n) is 20.7. The summed E-state index contributed by atoms with van der Waals surface area (Å²) in [5, 5.41) is 5.50. The molecule has 0 aromatic heterocycles. The fourth-order valence-corrected chi connectivity index (χ4v) is 4.78. The standard InChI is InChI=1S/C26H32N2O7/c1-6-33-22(30)20-19-17(27-18(29)14-13-16-11-9-8-10-12-16)15-26(21(19)20,23(31)34-7-2)28-24(32)35-25(3,4)5/h8-12,17,19-21H,6-7,15H2,1-5H3,(H,27,29)(H,28,32). The molecule has 5 atom stereocenters. The third-order valence-electron chi connectivity index (χ3n) is 5.98. The number of amides is 2. The number of hydrogen-bond donors (Lipinski definition) is 2. The number of carbonyl (C=O) groups excluding carboxylic acids is 4. The first-order chi connectivity index (χ1) is 16.5. The topological polar surface area (TPSA) is 120 Å². The van der Waals surface area contributed by atoms with Crippen molar-refractivity contribution < 1.29 is 33.4 Å². The summed E-state index contributed by atoms with van der Waals surface area (Å²) in [6, 6.07) is 8.42. The van der Waals surface area contributed by atoms with E-state index in [1.54, 1.807) is 46.8 Å². The molecular weight excluding hydrogens is 452 g/mol. The maximum Gasteiger partial charge on any atom is 0.408 e. The Morgan fingerprint density at radius 1 is 1.06 bits per heavy atom. The van der Waals surface area contributed by atoms with E-state index in [1.165, 1.54) is 0 Å². The van der Waals surface area contributed by atoms with Crippen LogP contribution in [0.4, 0.5) is 4.79 Å². The van der Waals surface area contributed by atoms with Crippen LogP contribution in [0.15, 0.2) is 30.3 Å². The van der Waals surface area contributed by atoms with Crippen molar-refractivity contribution in [3.05, 3.63) is 35.9 Å². The maximum absolute atomic E-state index is 13.2. The van der Waals surface area contributed by atoms with E-state index in [0.29, 0.717) is 5.56 Å². The first kappa shape index (κ1) is 26.1. The van der Waals surface area contributed by atoms with Crippen LogP contribution in [0.2, 0.25) is 0 Å². The molecule has 2 fully saturated rings. The fourth-order valence-electron chi connectivity index (χ4n) is 4.78. The van der Waals surface area contributed by atoms with Crippen molar-refractivity contribution in [2.24, 2.45) is 17.8 Å². The molecule has 2 aliphatic rings. The normalized spacial score (nSPS) is 26.3. The Kier molecular flexibility index (Phi) is 7.73. The lowest BCUT2D eigenvalue weighted by molar-refractivity contribution is -0.153. The molecule has 2 N–H and O–H groups in total. The molecule has 35 heavy (non-hydrogen) atoms. The largest absolute Gasteiger partial charge is 0.466 e. The van der Waals surface area contributed by atoms with Gasteiger partial charge in [0.2, 0.25) is 0 Å². The molecule has 0 heterocycles. The molecule has 0 radical (unpaired) electrons. The molecule has 0 aliphatic heterocycles. The van der Waals surface area contributed by atoms with E-state index in [-0.39, 0.29) is 19.6 Å². The molecule has 2 amide bonds. The molecule has 2 saturated carbocycles. The van der Waals surface area contributed by atoms with Gasteiger partial charge in [-0.1, -0.05) is 24.1 Å². The van der Waals surface area contributed by atoms with E-state index in [0.717, 1.165) is 0 Å². The van der Waals surface area contributed by atoms with Gasteiger partial charge in [0.15, 0.2) is 0 Å². The average Bonchev–Trinajstić information content (AvgIpc) is 3.45. The van der Waals surface area contributed by atoms with Crippen molar-refractivity contribution in [1.29, 1.82) is 0 Å². The Bertz CT molecular complexity index is 1040. The molecule has 1 aromatic carbocycles. The van der Waals surface area contributed by atoms with Gasteiger partial charge in [-0.25, -0.2) is 9.59 Å². The van der Waals surface area contributed by atoms with Gasteiger partial charge in [-0.3, -0.25) is 9.59 Å². The summed E-state index contributed by atoms with van der Waals surface area (Å²) >= 11 is 0. The first-order valence-corrected chi connectivity index (χ1v) is 11.7. The minimum atomic E-state index is -1.55. The lowest BCUT2D eigenvalue weighted by Crippen LogP contribution is -2.59. The molecule has 9 nitrogen and oxygen atoms in total. The Labute approximate surface area is 205 Å². The molecule has 188 valence electrons. The smallest absolute Gasteiger partial charge is 0.408 e. The second-order valence-corrected chi connectivity index (χ2v) is 9.60. The van der Waals surface area contributed by atoms with Crippen LogP contribution < -0.4 is 10.6 Å². The van der Waals surface area contributed by atoms with Crippen LogP contribution in [0.3, 0.4) is 0 Å². The first-order valence-electron chi connectivity index (χ1n) is 11.7. The summed E-state index contributed by atoms with van der Waals surface area (Å²) in [5.41, 5.74) is -1.68. The van der Waals surface area contributed by atoms with Gasteiger partial charge in [-0.2, -0.15) is 0 Å². The van der Waals surface area contributed by atoms with Gasteiger partial charge in [-0.05, 0) is 52.7 Å². The zero-order valence-corrected chi connectivity index (χ0v) is 20.7. The molecule has 3 rings (SSSR count). The van der Waals surface area contributed by atoms with Gasteiger partial charge in [0.05, 0.1) is 19.1 Å². The van der Waals surface area contributed by atoms with E-state index < -0.39 is 58.9 Å². The van der Waals surface area contributed by atoms with Gasteiger partial charge in [0, 0.05) is 29.9 Å². The van der Waals surface area contributed by atoms with Crippen molar-refractivity contribution >= 4 is 23.9 Å². The van der Waals surface area contributed by atoms with Crippen molar-refractivity contribution in [1.82, 2.24) is 10.6 Å².